The molecule has 0 bridgehead atoms. The van der Waals surface area contributed by atoms with Crippen LogP contribution in [0.15, 0.2) is 24.3 Å². The lowest BCUT2D eigenvalue weighted by Crippen LogP contribution is -2.18. The van der Waals surface area contributed by atoms with Gasteiger partial charge in [-0.2, -0.15) is 5.26 Å². The third kappa shape index (κ3) is 4.83. The first-order valence-electron chi connectivity index (χ1n) is 5.12. The highest BCUT2D eigenvalue weighted by molar-refractivity contribution is 6.17. The summed E-state index contributed by atoms with van der Waals surface area (Å²) in [7, 11) is 0. The fraction of sp³-hybridized carbons (Fsp3) is 0.417. The molecule has 0 aliphatic heterocycles. The second kappa shape index (κ2) is 7.28. The van der Waals surface area contributed by atoms with Crippen LogP contribution in [0.4, 0.5) is 0 Å². The minimum absolute atomic E-state index is 0.712. The van der Waals surface area contributed by atoms with E-state index >= 15 is 0 Å². The molecule has 0 saturated carbocycles. The number of hydrogen-bond acceptors (Lipinski definition) is 2. The Labute approximate surface area is 95.9 Å². The molecule has 0 heterocycles. The Morgan fingerprint density at radius 1 is 1.20 bits per heavy atom. The average molecular weight is 223 g/mol. The Bertz CT molecular complexity index is 313. The van der Waals surface area contributed by atoms with E-state index in [1.807, 2.05) is 24.3 Å². The monoisotopic (exact) mass is 222 g/mol. The van der Waals surface area contributed by atoms with Crippen LogP contribution in [0.25, 0.3) is 0 Å². The van der Waals surface area contributed by atoms with Gasteiger partial charge < -0.3 is 5.32 Å². The van der Waals surface area contributed by atoms with E-state index in [-0.39, 0.29) is 0 Å². The molecule has 3 heteroatoms. The van der Waals surface area contributed by atoms with Gasteiger partial charge in [-0.3, -0.25) is 0 Å². The molecular formula is C12H15ClN2. The van der Waals surface area contributed by atoms with Gasteiger partial charge in [0.05, 0.1) is 11.6 Å². The van der Waals surface area contributed by atoms with E-state index in [1.165, 1.54) is 5.56 Å². The van der Waals surface area contributed by atoms with E-state index in [0.29, 0.717) is 11.4 Å². The summed E-state index contributed by atoms with van der Waals surface area (Å²) in [6.45, 7) is 1.93. The van der Waals surface area contributed by atoms with Gasteiger partial charge in [-0.05, 0) is 43.6 Å². The fourth-order valence-electron chi connectivity index (χ4n) is 1.30. The molecule has 0 aliphatic rings. The fourth-order valence-corrected chi connectivity index (χ4v) is 1.43. The van der Waals surface area contributed by atoms with E-state index < -0.39 is 0 Å². The van der Waals surface area contributed by atoms with Crippen LogP contribution >= 0.6 is 11.6 Å². The van der Waals surface area contributed by atoms with Crippen molar-refractivity contribution in [2.24, 2.45) is 0 Å². The lowest BCUT2D eigenvalue weighted by Gasteiger charge is -2.03. The molecule has 1 aromatic carbocycles. The predicted molar refractivity (Wildman–Crippen MR) is 63.1 cm³/mol. The molecule has 1 N–H and O–H groups in total. The van der Waals surface area contributed by atoms with Crippen molar-refractivity contribution in [2.45, 2.75) is 12.8 Å². The molecule has 0 aliphatic carbocycles. The molecule has 0 radical (unpaired) electrons. The van der Waals surface area contributed by atoms with Crippen molar-refractivity contribution in [2.75, 3.05) is 19.0 Å². The van der Waals surface area contributed by atoms with Crippen molar-refractivity contribution >= 4 is 11.6 Å². The van der Waals surface area contributed by atoms with Crippen molar-refractivity contribution in [3.05, 3.63) is 35.4 Å². The Kier molecular flexibility index (Phi) is 5.84. The SMILES string of the molecule is N#Cc1ccc(CCNCCCCl)cc1. The summed E-state index contributed by atoms with van der Waals surface area (Å²) in [5.41, 5.74) is 1.97. The summed E-state index contributed by atoms with van der Waals surface area (Å²) in [6.07, 6.45) is 2.00. The zero-order valence-electron chi connectivity index (χ0n) is 8.67. The highest BCUT2D eigenvalue weighted by atomic mass is 35.5. The predicted octanol–water partition coefficient (Wildman–Crippen LogP) is 2.32. The minimum atomic E-state index is 0.712. The van der Waals surface area contributed by atoms with Crippen molar-refractivity contribution in [1.29, 1.82) is 5.26 Å². The normalized spacial score (nSPS) is 9.87. The van der Waals surface area contributed by atoms with E-state index in [0.717, 1.165) is 25.9 Å². The van der Waals surface area contributed by atoms with Gasteiger partial charge in [-0.15, -0.1) is 11.6 Å². The molecule has 0 amide bonds. The topological polar surface area (TPSA) is 35.8 Å². The molecule has 0 fully saturated rings. The number of rotatable bonds is 6. The lowest BCUT2D eigenvalue weighted by molar-refractivity contribution is 0.673. The molecule has 1 aromatic rings. The molecule has 0 spiro atoms. The van der Waals surface area contributed by atoms with Crippen molar-refractivity contribution in [3.63, 3.8) is 0 Å². The Morgan fingerprint density at radius 2 is 1.93 bits per heavy atom. The summed E-state index contributed by atoms with van der Waals surface area (Å²) in [5, 5.41) is 11.9. The van der Waals surface area contributed by atoms with E-state index in [2.05, 4.69) is 11.4 Å². The second-order valence-electron chi connectivity index (χ2n) is 3.35. The number of benzene rings is 1. The summed E-state index contributed by atoms with van der Waals surface area (Å²) in [4.78, 5) is 0. The zero-order valence-corrected chi connectivity index (χ0v) is 9.43. The first-order valence-corrected chi connectivity index (χ1v) is 5.66. The third-order valence-electron chi connectivity index (χ3n) is 2.16. The largest absolute Gasteiger partial charge is 0.316 e. The van der Waals surface area contributed by atoms with Gasteiger partial charge in [0.25, 0.3) is 0 Å². The number of nitriles is 1. The van der Waals surface area contributed by atoms with Gasteiger partial charge in [0.2, 0.25) is 0 Å². The van der Waals surface area contributed by atoms with E-state index in [1.54, 1.807) is 0 Å². The van der Waals surface area contributed by atoms with Crippen LogP contribution in [0, 0.1) is 11.3 Å². The van der Waals surface area contributed by atoms with E-state index in [4.69, 9.17) is 16.9 Å². The number of alkyl halides is 1. The van der Waals surface area contributed by atoms with Crippen LogP contribution in [-0.2, 0) is 6.42 Å². The van der Waals surface area contributed by atoms with Crippen molar-refractivity contribution in [3.8, 4) is 6.07 Å². The second-order valence-corrected chi connectivity index (χ2v) is 3.73. The van der Waals surface area contributed by atoms with Crippen LogP contribution in [0.1, 0.15) is 17.5 Å². The standard InChI is InChI=1S/C12H15ClN2/c13-7-1-8-15-9-6-11-2-4-12(10-14)5-3-11/h2-5,15H,1,6-9H2. The molecule has 2 nitrogen and oxygen atoms in total. The van der Waals surface area contributed by atoms with Gasteiger partial charge >= 0.3 is 0 Å². The Morgan fingerprint density at radius 3 is 2.53 bits per heavy atom. The summed E-state index contributed by atoms with van der Waals surface area (Å²) in [5.74, 6) is 0.712. The zero-order chi connectivity index (χ0) is 10.9. The highest BCUT2D eigenvalue weighted by Gasteiger charge is 1.93. The Balaban J connectivity index is 2.23. The van der Waals surface area contributed by atoms with Gasteiger partial charge in [0, 0.05) is 5.88 Å². The molecule has 1 rings (SSSR count). The maximum Gasteiger partial charge on any atom is 0.0991 e. The van der Waals surface area contributed by atoms with Crippen LogP contribution in [-0.4, -0.2) is 19.0 Å². The van der Waals surface area contributed by atoms with Gasteiger partial charge in [0.1, 0.15) is 0 Å². The number of halogens is 1. The summed E-state index contributed by atoms with van der Waals surface area (Å²) in [6, 6.07) is 9.82. The quantitative estimate of drug-likeness (QED) is 0.592. The van der Waals surface area contributed by atoms with Crippen LogP contribution in [0.3, 0.4) is 0 Å². The Hall–Kier alpha value is -1.04. The highest BCUT2D eigenvalue weighted by Crippen LogP contribution is 2.03. The lowest BCUT2D eigenvalue weighted by atomic mass is 10.1. The average Bonchev–Trinajstić information content (AvgIpc) is 2.30. The smallest absolute Gasteiger partial charge is 0.0991 e. The maximum atomic E-state index is 8.63. The summed E-state index contributed by atoms with van der Waals surface area (Å²) < 4.78 is 0. The molecule has 0 atom stereocenters. The maximum absolute atomic E-state index is 8.63. The summed E-state index contributed by atoms with van der Waals surface area (Å²) >= 11 is 5.56. The molecular weight excluding hydrogens is 208 g/mol. The first-order chi connectivity index (χ1) is 7.36. The third-order valence-corrected chi connectivity index (χ3v) is 2.43. The van der Waals surface area contributed by atoms with E-state index in [9.17, 15) is 0 Å². The van der Waals surface area contributed by atoms with Crippen LogP contribution in [0.5, 0.6) is 0 Å². The number of nitrogens with one attached hydrogen (secondary N) is 1. The van der Waals surface area contributed by atoms with Crippen molar-refractivity contribution < 1.29 is 0 Å². The first kappa shape index (κ1) is 12.0. The van der Waals surface area contributed by atoms with Gasteiger partial charge in [-0.25, -0.2) is 0 Å². The van der Waals surface area contributed by atoms with Crippen LogP contribution in [0.2, 0.25) is 0 Å². The number of hydrogen-bond donors (Lipinski definition) is 1. The number of nitrogens with zero attached hydrogens (tertiary/aromatic N) is 1. The molecule has 0 unspecified atom stereocenters. The van der Waals surface area contributed by atoms with Gasteiger partial charge in [-0.1, -0.05) is 12.1 Å². The van der Waals surface area contributed by atoms with Gasteiger partial charge in [0.15, 0.2) is 0 Å². The molecule has 15 heavy (non-hydrogen) atoms. The molecule has 0 saturated heterocycles. The van der Waals surface area contributed by atoms with Crippen LogP contribution < -0.4 is 5.32 Å². The minimum Gasteiger partial charge on any atom is -0.316 e. The molecule has 80 valence electrons. The van der Waals surface area contributed by atoms with Crippen molar-refractivity contribution in [1.82, 2.24) is 5.32 Å². The molecule has 0 aromatic heterocycles.